The molecule has 0 aliphatic carbocycles. The minimum absolute atomic E-state index is 0.686. The summed E-state index contributed by atoms with van der Waals surface area (Å²) in [6, 6.07) is 0.686. The van der Waals surface area contributed by atoms with E-state index in [0.29, 0.717) is 6.04 Å². The predicted molar refractivity (Wildman–Crippen MR) is 64.2 cm³/mol. The van der Waals surface area contributed by atoms with Crippen molar-refractivity contribution in [2.45, 2.75) is 32.2 Å². The highest BCUT2D eigenvalue weighted by Crippen LogP contribution is 2.19. The van der Waals surface area contributed by atoms with Crippen LogP contribution >= 0.6 is 0 Å². The number of methoxy groups -OCH3 is 1. The van der Waals surface area contributed by atoms with Crippen molar-refractivity contribution in [1.82, 2.24) is 10.2 Å². The van der Waals surface area contributed by atoms with Crippen LogP contribution < -0.4 is 5.32 Å². The topological polar surface area (TPSA) is 24.5 Å². The van der Waals surface area contributed by atoms with Crippen LogP contribution in [-0.4, -0.2) is 51.3 Å². The van der Waals surface area contributed by atoms with E-state index in [9.17, 15) is 0 Å². The van der Waals surface area contributed by atoms with Gasteiger partial charge in [-0.25, -0.2) is 0 Å². The van der Waals surface area contributed by atoms with E-state index in [1.165, 1.54) is 25.8 Å². The molecule has 1 aliphatic heterocycles. The lowest BCUT2D eigenvalue weighted by molar-refractivity contribution is 0.147. The van der Waals surface area contributed by atoms with E-state index in [0.717, 1.165) is 25.6 Å². The number of hydrogen-bond acceptors (Lipinski definition) is 3. The first-order chi connectivity index (χ1) is 7.26. The molecule has 0 aromatic carbocycles. The SMILES string of the molecule is CCC1CCNC(CN(C)CCOC)C1. The molecule has 1 N–H and O–H groups in total. The second-order valence-electron chi connectivity index (χ2n) is 4.70. The van der Waals surface area contributed by atoms with E-state index in [1.54, 1.807) is 7.11 Å². The molecule has 90 valence electrons. The fourth-order valence-corrected chi connectivity index (χ4v) is 2.32. The van der Waals surface area contributed by atoms with Crippen LogP contribution in [0.15, 0.2) is 0 Å². The van der Waals surface area contributed by atoms with E-state index in [-0.39, 0.29) is 0 Å². The van der Waals surface area contributed by atoms with Crippen molar-refractivity contribution in [3.05, 3.63) is 0 Å². The van der Waals surface area contributed by atoms with Crippen LogP contribution in [0.1, 0.15) is 26.2 Å². The van der Waals surface area contributed by atoms with Gasteiger partial charge in [-0.1, -0.05) is 13.3 Å². The molecule has 15 heavy (non-hydrogen) atoms. The lowest BCUT2D eigenvalue weighted by Crippen LogP contribution is -2.45. The average molecular weight is 214 g/mol. The summed E-state index contributed by atoms with van der Waals surface area (Å²) >= 11 is 0. The minimum Gasteiger partial charge on any atom is -0.383 e. The first kappa shape index (κ1) is 12.9. The lowest BCUT2D eigenvalue weighted by atomic mass is 9.90. The quantitative estimate of drug-likeness (QED) is 0.722. The summed E-state index contributed by atoms with van der Waals surface area (Å²) in [6.45, 7) is 6.52. The number of piperidine rings is 1. The minimum atomic E-state index is 0.686. The van der Waals surface area contributed by atoms with Crippen molar-refractivity contribution in [3.63, 3.8) is 0 Å². The normalized spacial score (nSPS) is 27.2. The Morgan fingerprint density at radius 3 is 2.93 bits per heavy atom. The largest absolute Gasteiger partial charge is 0.383 e. The van der Waals surface area contributed by atoms with Gasteiger partial charge < -0.3 is 15.0 Å². The van der Waals surface area contributed by atoms with Gasteiger partial charge in [0.2, 0.25) is 0 Å². The Hall–Kier alpha value is -0.120. The Morgan fingerprint density at radius 1 is 1.47 bits per heavy atom. The lowest BCUT2D eigenvalue weighted by Gasteiger charge is -2.32. The third-order valence-corrected chi connectivity index (χ3v) is 3.39. The fraction of sp³-hybridized carbons (Fsp3) is 1.00. The van der Waals surface area contributed by atoms with Crippen molar-refractivity contribution in [2.75, 3.05) is 40.4 Å². The van der Waals surface area contributed by atoms with Crippen LogP contribution in [0.2, 0.25) is 0 Å². The maximum atomic E-state index is 5.08. The maximum absolute atomic E-state index is 5.08. The van der Waals surface area contributed by atoms with Crippen LogP contribution in [0, 0.1) is 5.92 Å². The highest BCUT2D eigenvalue weighted by molar-refractivity contribution is 4.79. The Morgan fingerprint density at radius 2 is 2.27 bits per heavy atom. The van der Waals surface area contributed by atoms with E-state index in [1.807, 2.05) is 0 Å². The van der Waals surface area contributed by atoms with Crippen molar-refractivity contribution < 1.29 is 4.74 Å². The van der Waals surface area contributed by atoms with Crippen molar-refractivity contribution >= 4 is 0 Å². The Balaban J connectivity index is 2.19. The second-order valence-corrected chi connectivity index (χ2v) is 4.70. The molecule has 1 fully saturated rings. The molecule has 0 radical (unpaired) electrons. The first-order valence-corrected chi connectivity index (χ1v) is 6.17. The van der Waals surface area contributed by atoms with Crippen molar-refractivity contribution in [2.24, 2.45) is 5.92 Å². The third kappa shape index (κ3) is 4.96. The Labute approximate surface area is 94.2 Å². The number of nitrogens with one attached hydrogen (secondary N) is 1. The number of rotatable bonds is 6. The van der Waals surface area contributed by atoms with Gasteiger partial charge in [-0.2, -0.15) is 0 Å². The molecule has 1 rings (SSSR count). The molecular formula is C12H26N2O. The zero-order valence-electron chi connectivity index (χ0n) is 10.5. The van der Waals surface area contributed by atoms with Crippen LogP contribution in [0.3, 0.4) is 0 Å². The van der Waals surface area contributed by atoms with Gasteiger partial charge in [0.05, 0.1) is 6.61 Å². The summed E-state index contributed by atoms with van der Waals surface area (Å²) in [5, 5.41) is 3.61. The monoisotopic (exact) mass is 214 g/mol. The summed E-state index contributed by atoms with van der Waals surface area (Å²) in [4.78, 5) is 2.36. The summed E-state index contributed by atoms with van der Waals surface area (Å²) in [5.41, 5.74) is 0. The summed E-state index contributed by atoms with van der Waals surface area (Å²) in [5.74, 6) is 0.937. The number of nitrogens with zero attached hydrogens (tertiary/aromatic N) is 1. The van der Waals surface area contributed by atoms with Gasteiger partial charge in [0.1, 0.15) is 0 Å². The maximum Gasteiger partial charge on any atom is 0.0589 e. The molecular weight excluding hydrogens is 188 g/mol. The molecule has 0 aromatic heterocycles. The van der Waals surface area contributed by atoms with E-state index in [4.69, 9.17) is 4.74 Å². The first-order valence-electron chi connectivity index (χ1n) is 6.17. The number of ether oxygens (including phenoxy) is 1. The van der Waals surface area contributed by atoms with Gasteiger partial charge in [0.25, 0.3) is 0 Å². The van der Waals surface area contributed by atoms with Crippen LogP contribution in [0.4, 0.5) is 0 Å². The molecule has 3 heteroatoms. The molecule has 0 saturated carbocycles. The number of hydrogen-bond donors (Lipinski definition) is 1. The summed E-state index contributed by atoms with van der Waals surface area (Å²) < 4.78 is 5.08. The van der Waals surface area contributed by atoms with Gasteiger partial charge in [0, 0.05) is 26.2 Å². The van der Waals surface area contributed by atoms with E-state index < -0.39 is 0 Å². The molecule has 0 bridgehead atoms. The molecule has 2 atom stereocenters. The molecule has 1 aliphatic rings. The molecule has 1 saturated heterocycles. The van der Waals surface area contributed by atoms with Crippen LogP contribution in [0.25, 0.3) is 0 Å². The van der Waals surface area contributed by atoms with Crippen LogP contribution in [-0.2, 0) is 4.74 Å². The Kier molecular flexibility index (Phi) is 6.22. The zero-order valence-corrected chi connectivity index (χ0v) is 10.5. The molecule has 1 heterocycles. The summed E-state index contributed by atoms with van der Waals surface area (Å²) in [7, 11) is 3.94. The van der Waals surface area contributed by atoms with Gasteiger partial charge in [-0.3, -0.25) is 0 Å². The highest BCUT2D eigenvalue weighted by atomic mass is 16.5. The van der Waals surface area contributed by atoms with E-state index in [2.05, 4.69) is 24.2 Å². The van der Waals surface area contributed by atoms with Crippen molar-refractivity contribution in [3.8, 4) is 0 Å². The van der Waals surface area contributed by atoms with Gasteiger partial charge in [-0.05, 0) is 32.4 Å². The molecule has 3 nitrogen and oxygen atoms in total. The summed E-state index contributed by atoms with van der Waals surface area (Å²) in [6.07, 6.45) is 4.03. The van der Waals surface area contributed by atoms with E-state index >= 15 is 0 Å². The standard InChI is InChI=1S/C12H26N2O/c1-4-11-5-6-13-12(9-11)10-14(2)7-8-15-3/h11-13H,4-10H2,1-3H3. The third-order valence-electron chi connectivity index (χ3n) is 3.39. The highest BCUT2D eigenvalue weighted by Gasteiger charge is 2.20. The van der Waals surface area contributed by atoms with Crippen LogP contribution in [0.5, 0.6) is 0 Å². The number of likely N-dealkylation sites (N-methyl/N-ethyl adjacent to an activating group) is 1. The smallest absolute Gasteiger partial charge is 0.0589 e. The second kappa shape index (κ2) is 7.20. The molecule has 0 amide bonds. The zero-order chi connectivity index (χ0) is 11.1. The molecule has 2 unspecified atom stereocenters. The van der Waals surface area contributed by atoms with Gasteiger partial charge >= 0.3 is 0 Å². The van der Waals surface area contributed by atoms with Gasteiger partial charge in [-0.15, -0.1) is 0 Å². The molecule has 0 aromatic rings. The van der Waals surface area contributed by atoms with Gasteiger partial charge in [0.15, 0.2) is 0 Å². The average Bonchev–Trinajstić information content (AvgIpc) is 2.26. The fourth-order valence-electron chi connectivity index (χ4n) is 2.32. The predicted octanol–water partition coefficient (Wildman–Crippen LogP) is 1.34. The molecule has 0 spiro atoms. The van der Waals surface area contributed by atoms with Crippen molar-refractivity contribution in [1.29, 1.82) is 0 Å². The Bertz CT molecular complexity index is 164.